The van der Waals surface area contributed by atoms with E-state index in [9.17, 15) is 4.79 Å². The highest BCUT2D eigenvalue weighted by Gasteiger charge is 2.16. The summed E-state index contributed by atoms with van der Waals surface area (Å²) in [6, 6.07) is 6.66. The number of nitrogens with one attached hydrogen (secondary N) is 1. The average molecular weight is 379 g/mol. The van der Waals surface area contributed by atoms with E-state index in [1.165, 1.54) is 12.8 Å². The molecule has 3 rings (SSSR count). The van der Waals surface area contributed by atoms with Crippen molar-refractivity contribution >= 4 is 40.6 Å². The molecule has 1 aliphatic heterocycles. The second-order valence-corrected chi connectivity index (χ2v) is 7.04. The molecule has 2 heterocycles. The van der Waals surface area contributed by atoms with Gasteiger partial charge in [0.05, 0.1) is 0 Å². The number of halogens is 2. The van der Waals surface area contributed by atoms with Gasteiger partial charge in [0.2, 0.25) is 0 Å². The molecule has 7 heteroatoms. The highest BCUT2D eigenvalue weighted by molar-refractivity contribution is 6.35. The highest BCUT2D eigenvalue weighted by atomic mass is 35.5. The van der Waals surface area contributed by atoms with E-state index in [1.54, 1.807) is 31.2 Å². The number of benzene rings is 1. The monoisotopic (exact) mass is 378 g/mol. The van der Waals surface area contributed by atoms with Crippen LogP contribution in [0, 0.1) is 6.92 Å². The lowest BCUT2D eigenvalue weighted by molar-refractivity contribution is 0.102. The zero-order chi connectivity index (χ0) is 17.8. The molecule has 1 amide bonds. The SMILES string of the molecule is Cc1nc(C(=O)Nc2cc(Cl)cc(Cl)c2)cc(N2CCCCCC2)n1. The van der Waals surface area contributed by atoms with E-state index in [2.05, 4.69) is 20.2 Å². The van der Waals surface area contributed by atoms with Gasteiger partial charge in [-0.25, -0.2) is 9.97 Å². The number of nitrogens with zero attached hydrogens (tertiary/aromatic N) is 3. The van der Waals surface area contributed by atoms with Gasteiger partial charge in [0.1, 0.15) is 17.3 Å². The zero-order valence-corrected chi connectivity index (χ0v) is 15.6. The summed E-state index contributed by atoms with van der Waals surface area (Å²) in [5.74, 6) is 1.08. The number of rotatable bonds is 3. The number of hydrogen-bond donors (Lipinski definition) is 1. The first kappa shape index (κ1) is 18.0. The summed E-state index contributed by atoms with van der Waals surface area (Å²) >= 11 is 12.0. The Morgan fingerprint density at radius 1 is 1.00 bits per heavy atom. The van der Waals surface area contributed by atoms with Crippen molar-refractivity contribution in [3.8, 4) is 0 Å². The van der Waals surface area contributed by atoms with Crippen LogP contribution in [0.4, 0.5) is 11.5 Å². The largest absolute Gasteiger partial charge is 0.356 e. The molecule has 1 fully saturated rings. The van der Waals surface area contributed by atoms with Crippen LogP contribution in [0.5, 0.6) is 0 Å². The molecule has 1 aromatic heterocycles. The predicted octanol–water partition coefficient (Wildman–Crippen LogP) is 4.72. The summed E-state index contributed by atoms with van der Waals surface area (Å²) in [6.45, 7) is 3.72. The molecule has 25 heavy (non-hydrogen) atoms. The molecule has 1 aliphatic rings. The van der Waals surface area contributed by atoms with Crippen LogP contribution in [-0.2, 0) is 0 Å². The van der Waals surface area contributed by atoms with Crippen molar-refractivity contribution in [2.45, 2.75) is 32.6 Å². The van der Waals surface area contributed by atoms with Gasteiger partial charge in [-0.3, -0.25) is 4.79 Å². The van der Waals surface area contributed by atoms with Gasteiger partial charge in [-0.2, -0.15) is 0 Å². The summed E-state index contributed by atoms with van der Waals surface area (Å²) < 4.78 is 0. The maximum atomic E-state index is 12.6. The number of hydrogen-bond acceptors (Lipinski definition) is 4. The molecule has 2 aromatic rings. The number of anilines is 2. The second kappa shape index (κ2) is 8.02. The van der Waals surface area contributed by atoms with Gasteiger partial charge in [0.25, 0.3) is 5.91 Å². The van der Waals surface area contributed by atoms with E-state index in [0.29, 0.717) is 27.3 Å². The Morgan fingerprint density at radius 3 is 2.28 bits per heavy atom. The standard InChI is InChI=1S/C18H20Cl2N4O/c1-12-21-16(11-17(22-12)24-6-4-2-3-5-7-24)18(25)23-15-9-13(19)8-14(20)10-15/h8-11H,2-7H2,1H3,(H,23,25). The smallest absolute Gasteiger partial charge is 0.274 e. The van der Waals surface area contributed by atoms with E-state index < -0.39 is 0 Å². The van der Waals surface area contributed by atoms with Crippen LogP contribution in [0.2, 0.25) is 10.0 Å². The Morgan fingerprint density at radius 2 is 1.64 bits per heavy atom. The molecule has 1 saturated heterocycles. The fourth-order valence-corrected chi connectivity index (χ4v) is 3.48. The van der Waals surface area contributed by atoms with Crippen molar-refractivity contribution in [2.75, 3.05) is 23.3 Å². The van der Waals surface area contributed by atoms with Gasteiger partial charge in [0.15, 0.2) is 0 Å². The third kappa shape index (κ3) is 4.83. The van der Waals surface area contributed by atoms with Gasteiger partial charge in [-0.15, -0.1) is 0 Å². The van der Waals surface area contributed by atoms with Crippen molar-refractivity contribution in [2.24, 2.45) is 0 Å². The summed E-state index contributed by atoms with van der Waals surface area (Å²) in [5, 5.41) is 3.72. The van der Waals surface area contributed by atoms with Crippen molar-refractivity contribution in [1.82, 2.24) is 9.97 Å². The van der Waals surface area contributed by atoms with E-state index in [4.69, 9.17) is 23.2 Å². The molecule has 0 saturated carbocycles. The average Bonchev–Trinajstić information content (AvgIpc) is 2.82. The van der Waals surface area contributed by atoms with E-state index >= 15 is 0 Å². The normalized spacial score (nSPS) is 14.9. The molecule has 0 radical (unpaired) electrons. The number of carbonyl (C=O) groups is 1. The Hall–Kier alpha value is -1.85. The maximum Gasteiger partial charge on any atom is 0.274 e. The molecule has 1 aromatic carbocycles. The zero-order valence-electron chi connectivity index (χ0n) is 14.1. The minimum atomic E-state index is -0.306. The lowest BCUT2D eigenvalue weighted by atomic mass is 10.2. The lowest BCUT2D eigenvalue weighted by Gasteiger charge is -2.22. The Kier molecular flexibility index (Phi) is 5.76. The quantitative estimate of drug-likeness (QED) is 0.838. The van der Waals surface area contributed by atoms with Gasteiger partial charge >= 0.3 is 0 Å². The van der Waals surface area contributed by atoms with Crippen LogP contribution in [-0.4, -0.2) is 29.0 Å². The predicted molar refractivity (Wildman–Crippen MR) is 102 cm³/mol. The Balaban J connectivity index is 1.82. The number of amides is 1. The van der Waals surface area contributed by atoms with E-state index in [-0.39, 0.29) is 5.91 Å². The van der Waals surface area contributed by atoms with Crippen LogP contribution in [0.3, 0.4) is 0 Å². The Labute approximate surface area is 157 Å². The minimum absolute atomic E-state index is 0.306. The number of aryl methyl sites for hydroxylation is 1. The van der Waals surface area contributed by atoms with Crippen LogP contribution in [0.1, 0.15) is 42.0 Å². The molecule has 0 aliphatic carbocycles. The van der Waals surface area contributed by atoms with Gasteiger partial charge in [-0.05, 0) is 38.0 Å². The number of carbonyl (C=O) groups excluding carboxylic acids is 1. The molecule has 0 bridgehead atoms. The minimum Gasteiger partial charge on any atom is -0.356 e. The molecule has 0 atom stereocenters. The molecule has 0 unspecified atom stereocenters. The Bertz CT molecular complexity index is 753. The molecule has 5 nitrogen and oxygen atoms in total. The van der Waals surface area contributed by atoms with Gasteiger partial charge in [0, 0.05) is 34.9 Å². The third-order valence-electron chi connectivity index (χ3n) is 4.11. The topological polar surface area (TPSA) is 58.1 Å². The van der Waals surface area contributed by atoms with E-state index in [1.807, 2.05) is 0 Å². The molecule has 132 valence electrons. The second-order valence-electron chi connectivity index (χ2n) is 6.17. The van der Waals surface area contributed by atoms with Crippen LogP contribution < -0.4 is 10.2 Å². The van der Waals surface area contributed by atoms with Crippen molar-refractivity contribution in [1.29, 1.82) is 0 Å². The molecule has 0 spiro atoms. The first-order valence-electron chi connectivity index (χ1n) is 8.39. The maximum absolute atomic E-state index is 12.6. The fraction of sp³-hybridized carbons (Fsp3) is 0.389. The van der Waals surface area contributed by atoms with E-state index in [0.717, 1.165) is 31.7 Å². The third-order valence-corrected chi connectivity index (χ3v) is 4.54. The fourth-order valence-electron chi connectivity index (χ4n) is 2.95. The van der Waals surface area contributed by atoms with Crippen molar-refractivity contribution in [3.63, 3.8) is 0 Å². The summed E-state index contributed by atoms with van der Waals surface area (Å²) in [6.07, 6.45) is 4.77. The first-order chi connectivity index (χ1) is 12.0. The lowest BCUT2D eigenvalue weighted by Crippen LogP contribution is -2.26. The molecular formula is C18H20Cl2N4O. The van der Waals surface area contributed by atoms with Crippen LogP contribution in [0.25, 0.3) is 0 Å². The van der Waals surface area contributed by atoms with Crippen molar-refractivity contribution in [3.05, 3.63) is 45.8 Å². The number of aromatic nitrogens is 2. The highest BCUT2D eigenvalue weighted by Crippen LogP contribution is 2.23. The summed E-state index contributed by atoms with van der Waals surface area (Å²) in [7, 11) is 0. The van der Waals surface area contributed by atoms with Crippen LogP contribution >= 0.6 is 23.2 Å². The van der Waals surface area contributed by atoms with Crippen LogP contribution in [0.15, 0.2) is 24.3 Å². The summed E-state index contributed by atoms with van der Waals surface area (Å²) in [4.78, 5) is 23.6. The molecule has 1 N–H and O–H groups in total. The van der Waals surface area contributed by atoms with Crippen molar-refractivity contribution < 1.29 is 4.79 Å². The van der Waals surface area contributed by atoms with Gasteiger partial charge in [-0.1, -0.05) is 36.0 Å². The first-order valence-corrected chi connectivity index (χ1v) is 9.15. The molecular weight excluding hydrogens is 359 g/mol. The summed E-state index contributed by atoms with van der Waals surface area (Å²) in [5.41, 5.74) is 0.873. The van der Waals surface area contributed by atoms with Gasteiger partial charge < -0.3 is 10.2 Å².